The largest absolute Gasteiger partial charge is 0.598 e. The van der Waals surface area contributed by atoms with Crippen LogP contribution in [0, 0.1) is 11.2 Å². The van der Waals surface area contributed by atoms with E-state index < -0.39 is 23.4 Å². The minimum atomic E-state index is -1.09. The van der Waals surface area contributed by atoms with E-state index in [1.54, 1.807) is 30.3 Å². The molecular formula is C26H30ClFN4O3S. The number of rotatable bonds is 8. The predicted molar refractivity (Wildman–Crippen MR) is 141 cm³/mol. The van der Waals surface area contributed by atoms with Crippen LogP contribution in [0.25, 0.3) is 0 Å². The molecule has 36 heavy (non-hydrogen) atoms. The molecular weight excluding hydrogens is 503 g/mol. The Balaban J connectivity index is 1.59. The molecule has 1 heterocycles. The van der Waals surface area contributed by atoms with E-state index in [4.69, 9.17) is 21.7 Å². The molecule has 2 aliphatic rings. The number of nitrogens with one attached hydrogen (secondary N) is 2. The van der Waals surface area contributed by atoms with Gasteiger partial charge in [-0.15, -0.1) is 4.31 Å². The molecule has 1 aliphatic heterocycles. The van der Waals surface area contributed by atoms with Crippen molar-refractivity contribution >= 4 is 40.8 Å². The van der Waals surface area contributed by atoms with Crippen LogP contribution in [0.3, 0.4) is 0 Å². The summed E-state index contributed by atoms with van der Waals surface area (Å²) in [6, 6.07) is 11.7. The minimum absolute atomic E-state index is 0.00150. The van der Waals surface area contributed by atoms with Crippen LogP contribution in [0.4, 0.5) is 10.1 Å². The lowest BCUT2D eigenvalue weighted by molar-refractivity contribution is -0.117. The third-order valence-electron chi connectivity index (χ3n) is 6.27. The van der Waals surface area contributed by atoms with Crippen LogP contribution in [-0.4, -0.2) is 63.4 Å². The molecule has 10 heteroatoms. The number of halogens is 2. The molecule has 1 saturated heterocycles. The third kappa shape index (κ3) is 6.03. The lowest BCUT2D eigenvalue weighted by atomic mass is 10.1. The van der Waals surface area contributed by atoms with E-state index in [1.807, 2.05) is 29.1 Å². The van der Waals surface area contributed by atoms with E-state index in [-0.39, 0.29) is 16.8 Å². The Hall–Kier alpha value is -2.59. The number of nitrogens with zero attached hydrogens (tertiary/aromatic N) is 2. The highest BCUT2D eigenvalue weighted by Gasteiger charge is 2.33. The standard InChI is InChI=1S/C26H30ClFN4O3S/c1-17(2)36(34)32-11-9-31(10-12-32)24(16-29)25(26(33)30-20-7-4-6-19(27)14-20)35-21-13-18-5-3-8-23(28)22(18)15-21/h3-8,14,16-17,21,29H,9-13,15H2,1-2H3,(H,30,33)/b25-24-,29-16?. The number of anilines is 1. The summed E-state index contributed by atoms with van der Waals surface area (Å²) in [4.78, 5) is 15.4. The fraction of sp³-hybridized carbons (Fsp3) is 0.385. The topological polar surface area (TPSA) is 91.7 Å². The lowest BCUT2D eigenvalue weighted by Gasteiger charge is -2.37. The fourth-order valence-electron chi connectivity index (χ4n) is 4.51. The first-order valence-electron chi connectivity index (χ1n) is 11.9. The van der Waals surface area contributed by atoms with Crippen LogP contribution in [-0.2, 0) is 33.7 Å². The molecule has 2 atom stereocenters. The Morgan fingerprint density at radius 3 is 2.58 bits per heavy atom. The molecule has 0 spiro atoms. The fourth-order valence-corrected chi connectivity index (χ4v) is 5.82. The number of ether oxygens (including phenoxy) is 1. The van der Waals surface area contributed by atoms with Crippen molar-refractivity contribution in [3.8, 4) is 0 Å². The van der Waals surface area contributed by atoms with Gasteiger partial charge in [0.05, 0.1) is 13.1 Å². The van der Waals surface area contributed by atoms with E-state index in [0.717, 1.165) is 11.8 Å². The Bertz CT molecular complexity index is 1150. The van der Waals surface area contributed by atoms with Gasteiger partial charge in [0.1, 0.15) is 22.9 Å². The number of allylic oxidation sites excluding steroid dienone is 1. The maximum atomic E-state index is 14.3. The number of amides is 1. The zero-order chi connectivity index (χ0) is 25.8. The van der Waals surface area contributed by atoms with Crippen molar-refractivity contribution < 1.29 is 18.5 Å². The maximum absolute atomic E-state index is 14.3. The van der Waals surface area contributed by atoms with Gasteiger partial charge in [0.25, 0.3) is 5.91 Å². The summed E-state index contributed by atoms with van der Waals surface area (Å²) in [7, 11) is 0. The van der Waals surface area contributed by atoms with Crippen LogP contribution in [0.2, 0.25) is 5.02 Å². The van der Waals surface area contributed by atoms with Gasteiger partial charge in [0.2, 0.25) is 5.76 Å². The number of benzene rings is 2. The summed E-state index contributed by atoms with van der Waals surface area (Å²) in [5.74, 6) is -0.795. The average molecular weight is 533 g/mol. The molecule has 0 saturated carbocycles. The predicted octanol–water partition coefficient (Wildman–Crippen LogP) is 4.15. The minimum Gasteiger partial charge on any atom is -0.598 e. The highest BCUT2D eigenvalue weighted by atomic mass is 35.5. The lowest BCUT2D eigenvalue weighted by Crippen LogP contribution is -2.50. The van der Waals surface area contributed by atoms with E-state index >= 15 is 0 Å². The van der Waals surface area contributed by atoms with Gasteiger partial charge < -0.3 is 24.9 Å². The van der Waals surface area contributed by atoms with Crippen LogP contribution >= 0.6 is 11.6 Å². The van der Waals surface area contributed by atoms with Crippen LogP contribution < -0.4 is 5.32 Å². The van der Waals surface area contributed by atoms with Crippen LogP contribution in [0.15, 0.2) is 53.9 Å². The van der Waals surface area contributed by atoms with E-state index in [9.17, 15) is 13.7 Å². The number of piperazine rings is 1. The molecule has 0 bridgehead atoms. The van der Waals surface area contributed by atoms with E-state index in [0.29, 0.717) is 61.0 Å². The highest BCUT2D eigenvalue weighted by Crippen LogP contribution is 2.29. The SMILES string of the molecule is CC(C)[S+]([O-])N1CCN(/C(C=N)=C(\OC2Cc3cccc(F)c3C2)C(=O)Nc2cccc(Cl)c2)CC1. The zero-order valence-corrected chi connectivity index (χ0v) is 21.9. The summed E-state index contributed by atoms with van der Waals surface area (Å²) >= 11 is 4.99. The van der Waals surface area contributed by atoms with Crippen LogP contribution in [0.1, 0.15) is 25.0 Å². The number of fused-ring (bicyclic) bond motifs is 1. The second-order valence-corrected chi connectivity index (χ2v) is 11.5. The number of carbonyl (C=O) groups excluding carboxylic acids is 1. The Labute approximate surface area is 219 Å². The highest BCUT2D eigenvalue weighted by molar-refractivity contribution is 7.89. The van der Waals surface area contributed by atoms with Gasteiger partial charge in [-0.25, -0.2) is 4.39 Å². The first-order chi connectivity index (χ1) is 17.3. The first-order valence-corrected chi connectivity index (χ1v) is 13.5. The smallest absolute Gasteiger partial charge is 0.293 e. The molecule has 1 aliphatic carbocycles. The first kappa shape index (κ1) is 26.5. The number of hydrogen-bond donors (Lipinski definition) is 2. The number of carbonyl (C=O) groups is 1. The number of hydrogen-bond acceptors (Lipinski definition) is 6. The van der Waals surface area contributed by atoms with Crippen molar-refractivity contribution in [1.29, 1.82) is 5.41 Å². The third-order valence-corrected chi connectivity index (χ3v) is 8.19. The molecule has 192 valence electrons. The van der Waals surface area contributed by atoms with Gasteiger partial charge in [-0.1, -0.05) is 29.8 Å². The Morgan fingerprint density at radius 1 is 1.22 bits per heavy atom. The van der Waals surface area contributed by atoms with Crippen molar-refractivity contribution in [2.75, 3.05) is 31.5 Å². The second-order valence-electron chi connectivity index (χ2n) is 9.09. The van der Waals surface area contributed by atoms with E-state index in [1.165, 1.54) is 6.07 Å². The molecule has 7 nitrogen and oxygen atoms in total. The summed E-state index contributed by atoms with van der Waals surface area (Å²) in [5.41, 5.74) is 2.28. The molecule has 1 amide bonds. The Morgan fingerprint density at radius 2 is 1.94 bits per heavy atom. The van der Waals surface area contributed by atoms with Gasteiger partial charge in [0.15, 0.2) is 0 Å². The monoisotopic (exact) mass is 532 g/mol. The van der Waals surface area contributed by atoms with Crippen molar-refractivity contribution in [3.05, 3.63) is 75.9 Å². The summed E-state index contributed by atoms with van der Waals surface area (Å²) in [5, 5.41) is 11.4. The van der Waals surface area contributed by atoms with Gasteiger partial charge >= 0.3 is 0 Å². The quantitative estimate of drug-likeness (QED) is 0.231. The molecule has 2 N–H and O–H groups in total. The second kappa shape index (κ2) is 11.6. The molecule has 2 aromatic rings. The van der Waals surface area contributed by atoms with Crippen molar-refractivity contribution in [2.24, 2.45) is 0 Å². The zero-order valence-electron chi connectivity index (χ0n) is 20.3. The van der Waals surface area contributed by atoms with Gasteiger partial charge in [-0.2, -0.15) is 0 Å². The molecule has 1 fully saturated rings. The Kier molecular flexibility index (Phi) is 8.56. The molecule has 4 rings (SSSR count). The van der Waals surface area contributed by atoms with Crippen molar-refractivity contribution in [2.45, 2.75) is 38.0 Å². The maximum Gasteiger partial charge on any atom is 0.293 e. The molecule has 2 unspecified atom stereocenters. The van der Waals surface area contributed by atoms with E-state index in [2.05, 4.69) is 5.32 Å². The molecule has 0 aromatic heterocycles. The van der Waals surface area contributed by atoms with Gasteiger partial charge in [-0.3, -0.25) is 4.79 Å². The van der Waals surface area contributed by atoms with Crippen LogP contribution in [0.5, 0.6) is 0 Å². The summed E-state index contributed by atoms with van der Waals surface area (Å²) < 4.78 is 35.0. The molecule has 2 aromatic carbocycles. The summed E-state index contributed by atoms with van der Waals surface area (Å²) in [6.45, 7) is 5.87. The van der Waals surface area contributed by atoms with Crippen molar-refractivity contribution in [1.82, 2.24) is 9.21 Å². The van der Waals surface area contributed by atoms with Crippen molar-refractivity contribution in [3.63, 3.8) is 0 Å². The summed E-state index contributed by atoms with van der Waals surface area (Å²) in [6.07, 6.45) is 1.47. The average Bonchev–Trinajstić information content (AvgIpc) is 3.28. The van der Waals surface area contributed by atoms with Gasteiger partial charge in [-0.05, 0) is 49.2 Å². The van der Waals surface area contributed by atoms with Gasteiger partial charge in [0, 0.05) is 54.2 Å². The molecule has 0 radical (unpaired) electrons. The normalized spacial score (nSPS) is 19.5.